The normalized spacial score (nSPS) is 17.2. The van der Waals surface area contributed by atoms with E-state index in [0.29, 0.717) is 25.7 Å². The largest absolute Gasteiger partial charge is 0.376 e. The Labute approximate surface area is 146 Å². The van der Waals surface area contributed by atoms with Crippen LogP contribution in [0.2, 0.25) is 0 Å². The zero-order valence-electron chi connectivity index (χ0n) is 13.9. The second-order valence-corrected chi connectivity index (χ2v) is 7.43. The molecule has 1 atom stereocenters. The van der Waals surface area contributed by atoms with Crippen LogP contribution in [0.15, 0.2) is 36.5 Å². The van der Waals surface area contributed by atoms with Crippen molar-refractivity contribution in [2.75, 3.05) is 19.7 Å². The van der Waals surface area contributed by atoms with Gasteiger partial charge in [-0.1, -0.05) is 30.3 Å². The quantitative estimate of drug-likeness (QED) is 0.875. The highest BCUT2D eigenvalue weighted by atomic mass is 32.1. The van der Waals surface area contributed by atoms with E-state index >= 15 is 0 Å². The van der Waals surface area contributed by atoms with E-state index in [4.69, 9.17) is 4.74 Å². The number of thiazole rings is 1. The van der Waals surface area contributed by atoms with E-state index < -0.39 is 0 Å². The molecule has 0 radical (unpaired) electrons. The first-order valence-corrected chi connectivity index (χ1v) is 9.08. The van der Waals surface area contributed by atoms with Crippen molar-refractivity contribution < 1.29 is 9.53 Å². The summed E-state index contributed by atoms with van der Waals surface area (Å²) in [6.07, 6.45) is 2.83. The Morgan fingerprint density at radius 3 is 3.00 bits per heavy atom. The van der Waals surface area contributed by atoms with Crippen LogP contribution in [0.1, 0.15) is 21.9 Å². The summed E-state index contributed by atoms with van der Waals surface area (Å²) in [5.41, 5.74) is 1.19. The van der Waals surface area contributed by atoms with E-state index in [2.05, 4.69) is 22.4 Å². The maximum Gasteiger partial charge on any atom is 0.317 e. The smallest absolute Gasteiger partial charge is 0.317 e. The van der Waals surface area contributed by atoms with E-state index in [9.17, 15) is 4.79 Å². The first-order chi connectivity index (χ1) is 11.7. The van der Waals surface area contributed by atoms with Crippen molar-refractivity contribution in [3.05, 3.63) is 52.0 Å². The number of likely N-dealkylation sites (tertiary alicyclic amines) is 1. The van der Waals surface area contributed by atoms with Crippen LogP contribution in [0.5, 0.6) is 0 Å². The lowest BCUT2D eigenvalue weighted by Crippen LogP contribution is -2.38. The molecule has 3 rings (SSSR count). The van der Waals surface area contributed by atoms with Crippen molar-refractivity contribution in [2.45, 2.75) is 26.5 Å². The molecule has 1 aromatic carbocycles. The molecule has 1 aliphatic rings. The molecule has 0 bridgehead atoms. The number of hydrogen-bond acceptors (Lipinski definition) is 4. The average Bonchev–Trinajstić information content (AvgIpc) is 3.23. The van der Waals surface area contributed by atoms with Crippen LogP contribution in [0, 0.1) is 12.8 Å². The predicted octanol–water partition coefficient (Wildman–Crippen LogP) is 3.20. The second kappa shape index (κ2) is 8.26. The molecule has 1 aliphatic heterocycles. The first kappa shape index (κ1) is 16.9. The maximum absolute atomic E-state index is 12.2. The Bertz CT molecular complexity index is 659. The van der Waals surface area contributed by atoms with Gasteiger partial charge in [0.15, 0.2) is 0 Å². The van der Waals surface area contributed by atoms with Gasteiger partial charge in [0, 0.05) is 30.1 Å². The molecular formula is C18H23N3O2S. The third kappa shape index (κ3) is 4.79. The zero-order chi connectivity index (χ0) is 16.8. The molecule has 2 heterocycles. The summed E-state index contributed by atoms with van der Waals surface area (Å²) in [5, 5.41) is 4.00. The predicted molar refractivity (Wildman–Crippen MR) is 94.9 cm³/mol. The number of urea groups is 1. The molecule has 0 saturated carbocycles. The molecule has 6 heteroatoms. The van der Waals surface area contributed by atoms with Gasteiger partial charge in [0.2, 0.25) is 0 Å². The zero-order valence-corrected chi connectivity index (χ0v) is 14.7. The number of nitrogens with zero attached hydrogens (tertiary/aromatic N) is 2. The average molecular weight is 345 g/mol. The van der Waals surface area contributed by atoms with Gasteiger partial charge in [-0.25, -0.2) is 9.78 Å². The van der Waals surface area contributed by atoms with E-state index in [-0.39, 0.29) is 6.03 Å². The first-order valence-electron chi connectivity index (χ1n) is 8.26. The fourth-order valence-electron chi connectivity index (χ4n) is 2.83. The third-order valence-electron chi connectivity index (χ3n) is 4.12. The van der Waals surface area contributed by atoms with Crippen LogP contribution >= 0.6 is 11.3 Å². The van der Waals surface area contributed by atoms with Crippen molar-refractivity contribution in [3.63, 3.8) is 0 Å². The molecule has 1 fully saturated rings. The molecule has 128 valence electrons. The monoisotopic (exact) mass is 345 g/mol. The number of carbonyl (C=O) groups is 1. The van der Waals surface area contributed by atoms with Gasteiger partial charge in [0.05, 0.1) is 24.8 Å². The number of carbonyl (C=O) groups excluding carboxylic acids is 1. The van der Waals surface area contributed by atoms with Crippen LogP contribution in [-0.4, -0.2) is 35.6 Å². The van der Waals surface area contributed by atoms with Crippen molar-refractivity contribution in [1.82, 2.24) is 15.2 Å². The summed E-state index contributed by atoms with van der Waals surface area (Å²) in [6, 6.07) is 10.2. The topological polar surface area (TPSA) is 54.5 Å². The summed E-state index contributed by atoms with van der Waals surface area (Å²) in [7, 11) is 0. The number of aryl methyl sites for hydroxylation is 1. The Balaban J connectivity index is 1.36. The lowest BCUT2D eigenvalue weighted by Gasteiger charge is -2.17. The Morgan fingerprint density at radius 2 is 2.25 bits per heavy atom. The number of amides is 2. The van der Waals surface area contributed by atoms with Crippen molar-refractivity contribution in [2.24, 2.45) is 5.92 Å². The minimum Gasteiger partial charge on any atom is -0.376 e. The van der Waals surface area contributed by atoms with Crippen LogP contribution in [0.3, 0.4) is 0 Å². The SMILES string of the molecule is Cc1ncc(CNC(=O)N2CC[C@@H](COCc3ccccc3)C2)s1. The number of hydrogen-bond donors (Lipinski definition) is 1. The van der Waals surface area contributed by atoms with Gasteiger partial charge in [-0.15, -0.1) is 11.3 Å². The molecular weight excluding hydrogens is 322 g/mol. The fraction of sp³-hybridized carbons (Fsp3) is 0.444. The van der Waals surface area contributed by atoms with Crippen LogP contribution in [0.25, 0.3) is 0 Å². The van der Waals surface area contributed by atoms with Gasteiger partial charge in [-0.05, 0) is 18.9 Å². The van der Waals surface area contributed by atoms with Gasteiger partial charge in [-0.3, -0.25) is 0 Å². The Kier molecular flexibility index (Phi) is 5.82. The molecule has 1 N–H and O–H groups in total. The summed E-state index contributed by atoms with van der Waals surface area (Å²) in [4.78, 5) is 19.4. The minimum absolute atomic E-state index is 0.00612. The summed E-state index contributed by atoms with van der Waals surface area (Å²) in [5.74, 6) is 0.421. The van der Waals surface area contributed by atoms with Crippen molar-refractivity contribution in [3.8, 4) is 0 Å². The van der Waals surface area contributed by atoms with Crippen molar-refractivity contribution >= 4 is 17.4 Å². The summed E-state index contributed by atoms with van der Waals surface area (Å²) < 4.78 is 5.80. The number of rotatable bonds is 6. The second-order valence-electron chi connectivity index (χ2n) is 6.11. The number of benzene rings is 1. The maximum atomic E-state index is 12.2. The molecule has 5 nitrogen and oxygen atoms in total. The number of nitrogens with one attached hydrogen (secondary N) is 1. The van der Waals surface area contributed by atoms with Gasteiger partial charge < -0.3 is 15.0 Å². The molecule has 2 aromatic rings. The Hall–Kier alpha value is -1.92. The fourth-order valence-corrected chi connectivity index (χ4v) is 3.57. The third-order valence-corrected chi connectivity index (χ3v) is 5.03. The standard InChI is InChI=1S/C18H23N3O2S/c1-14-19-9-17(24-14)10-20-18(22)21-8-7-16(11-21)13-23-12-15-5-3-2-4-6-15/h2-6,9,16H,7-8,10-13H2,1H3,(H,20,22)/t16-/m1/s1. The van der Waals surface area contributed by atoms with E-state index in [1.165, 1.54) is 5.56 Å². The molecule has 0 aliphatic carbocycles. The highest BCUT2D eigenvalue weighted by molar-refractivity contribution is 7.11. The molecule has 24 heavy (non-hydrogen) atoms. The molecule has 2 amide bonds. The van der Waals surface area contributed by atoms with Crippen molar-refractivity contribution in [1.29, 1.82) is 0 Å². The van der Waals surface area contributed by atoms with Gasteiger partial charge in [0.1, 0.15) is 0 Å². The Morgan fingerprint density at radius 1 is 1.42 bits per heavy atom. The summed E-state index contributed by atoms with van der Waals surface area (Å²) in [6.45, 7) is 5.42. The van der Waals surface area contributed by atoms with Gasteiger partial charge in [-0.2, -0.15) is 0 Å². The van der Waals surface area contributed by atoms with Crippen LogP contribution < -0.4 is 5.32 Å². The van der Waals surface area contributed by atoms with Crippen LogP contribution in [-0.2, 0) is 17.9 Å². The molecule has 1 aromatic heterocycles. The molecule has 0 unspecified atom stereocenters. The van der Waals surface area contributed by atoms with Gasteiger partial charge >= 0.3 is 6.03 Å². The van der Waals surface area contributed by atoms with E-state index in [1.54, 1.807) is 11.3 Å². The highest BCUT2D eigenvalue weighted by Gasteiger charge is 2.26. The summed E-state index contributed by atoms with van der Waals surface area (Å²) >= 11 is 1.62. The number of ether oxygens (including phenoxy) is 1. The van der Waals surface area contributed by atoms with Crippen LogP contribution in [0.4, 0.5) is 4.79 Å². The highest BCUT2D eigenvalue weighted by Crippen LogP contribution is 2.18. The van der Waals surface area contributed by atoms with E-state index in [0.717, 1.165) is 29.4 Å². The van der Waals surface area contributed by atoms with E-state index in [1.807, 2.05) is 36.2 Å². The molecule has 0 spiro atoms. The number of aromatic nitrogens is 1. The lowest BCUT2D eigenvalue weighted by atomic mass is 10.1. The lowest BCUT2D eigenvalue weighted by molar-refractivity contribution is 0.0897. The molecule has 1 saturated heterocycles. The minimum atomic E-state index is 0.00612. The van der Waals surface area contributed by atoms with Gasteiger partial charge in [0.25, 0.3) is 0 Å².